The molecule has 3 rings (SSSR count). The second-order valence-corrected chi connectivity index (χ2v) is 6.22. The third-order valence-electron chi connectivity index (χ3n) is 4.12. The van der Waals surface area contributed by atoms with E-state index in [1.807, 2.05) is 59.5 Å². The zero-order valence-corrected chi connectivity index (χ0v) is 15.3. The first-order valence-corrected chi connectivity index (χ1v) is 8.89. The van der Waals surface area contributed by atoms with E-state index >= 15 is 0 Å². The van der Waals surface area contributed by atoms with E-state index in [9.17, 15) is 0 Å². The third-order valence-corrected chi connectivity index (χ3v) is 4.45. The van der Waals surface area contributed by atoms with Gasteiger partial charge in [-0.15, -0.1) is 0 Å². The van der Waals surface area contributed by atoms with Gasteiger partial charge in [-0.05, 0) is 55.0 Å². The maximum absolute atomic E-state index is 6.26. The molecule has 0 amide bonds. The van der Waals surface area contributed by atoms with E-state index in [1.54, 1.807) is 7.11 Å². The molecule has 0 radical (unpaired) electrons. The lowest BCUT2D eigenvalue weighted by atomic mass is 10.1. The molecular weight excluding hydrogens is 332 g/mol. The quantitative estimate of drug-likeness (QED) is 0.712. The maximum Gasteiger partial charge on any atom is 0.225 e. The molecule has 1 aliphatic rings. The van der Waals surface area contributed by atoms with E-state index < -0.39 is 0 Å². The summed E-state index contributed by atoms with van der Waals surface area (Å²) in [5, 5.41) is 0.569. The van der Waals surface area contributed by atoms with Gasteiger partial charge in [-0.3, -0.25) is 0 Å². The summed E-state index contributed by atoms with van der Waals surface area (Å²) in [7, 11) is 1.66. The zero-order valence-electron chi connectivity index (χ0n) is 14.5. The first-order valence-electron chi connectivity index (χ1n) is 8.48. The predicted octanol–water partition coefficient (Wildman–Crippen LogP) is 4.56. The Balaban J connectivity index is 1.93. The number of hydrogen-bond donors (Lipinski definition) is 0. The Labute approximate surface area is 154 Å². The second kappa shape index (κ2) is 8.12. The van der Waals surface area contributed by atoms with Gasteiger partial charge in [0.2, 0.25) is 17.2 Å². The molecule has 1 aliphatic heterocycles. The first-order chi connectivity index (χ1) is 12.2. The van der Waals surface area contributed by atoms with Crippen LogP contribution in [0.2, 0.25) is 0 Å². The number of unbranched alkanes of at least 4 members (excludes halogenated alkanes) is 1. The Morgan fingerprint density at radius 1 is 1.12 bits per heavy atom. The third kappa shape index (κ3) is 3.99. The number of aliphatic imine (C=N–C) groups is 1. The van der Waals surface area contributed by atoms with E-state index in [2.05, 4.69) is 11.9 Å². The minimum absolute atomic E-state index is 0.280. The highest BCUT2D eigenvalue weighted by atomic mass is 32.1. The van der Waals surface area contributed by atoms with E-state index in [0.717, 1.165) is 36.3 Å². The van der Waals surface area contributed by atoms with Crippen molar-refractivity contribution < 1.29 is 9.47 Å². The highest BCUT2D eigenvalue weighted by Crippen LogP contribution is 2.30. The molecule has 0 aliphatic carbocycles. The standard InChI is InChI=1S/C20H22N2O2S/c1-3-4-14-22-19(16-10-12-17(23-2)13-11-16)24-18(21-20(22)25)15-8-6-5-7-9-15/h5-13,19H,3-4,14H2,1-2H3. The van der Waals surface area contributed by atoms with Gasteiger partial charge >= 0.3 is 0 Å². The summed E-state index contributed by atoms with van der Waals surface area (Å²) in [5.74, 6) is 1.39. The van der Waals surface area contributed by atoms with Crippen LogP contribution in [0.5, 0.6) is 5.75 Å². The molecule has 25 heavy (non-hydrogen) atoms. The number of nitrogens with zero attached hydrogens (tertiary/aromatic N) is 2. The fourth-order valence-electron chi connectivity index (χ4n) is 2.72. The number of rotatable bonds is 6. The summed E-state index contributed by atoms with van der Waals surface area (Å²) in [5.41, 5.74) is 1.96. The molecule has 0 fully saturated rings. The van der Waals surface area contributed by atoms with Crippen LogP contribution in [0.4, 0.5) is 0 Å². The topological polar surface area (TPSA) is 34.1 Å². The summed E-state index contributed by atoms with van der Waals surface area (Å²) in [6.07, 6.45) is 1.84. The maximum atomic E-state index is 6.26. The van der Waals surface area contributed by atoms with Crippen LogP contribution in [0.25, 0.3) is 0 Å². The fourth-order valence-corrected chi connectivity index (χ4v) is 2.99. The number of hydrogen-bond acceptors (Lipinski definition) is 3. The SMILES string of the molecule is CCCCN1C(=S)N=C(c2ccccc2)OC1c1ccc(OC)cc1. The van der Waals surface area contributed by atoms with Gasteiger partial charge < -0.3 is 14.4 Å². The van der Waals surface area contributed by atoms with Crippen molar-refractivity contribution in [3.8, 4) is 5.75 Å². The average Bonchev–Trinajstić information content (AvgIpc) is 2.67. The molecule has 0 saturated carbocycles. The van der Waals surface area contributed by atoms with Crippen LogP contribution >= 0.6 is 12.2 Å². The van der Waals surface area contributed by atoms with Gasteiger partial charge in [0.1, 0.15) is 5.75 Å². The van der Waals surface area contributed by atoms with Gasteiger partial charge in [0.15, 0.2) is 0 Å². The van der Waals surface area contributed by atoms with Gasteiger partial charge in [0.25, 0.3) is 0 Å². The Morgan fingerprint density at radius 2 is 1.84 bits per heavy atom. The fraction of sp³-hybridized carbons (Fsp3) is 0.300. The smallest absolute Gasteiger partial charge is 0.225 e. The van der Waals surface area contributed by atoms with Crippen LogP contribution in [0, 0.1) is 0 Å². The Bertz CT molecular complexity index is 744. The van der Waals surface area contributed by atoms with Gasteiger partial charge in [0, 0.05) is 17.7 Å². The molecule has 2 aromatic carbocycles. The van der Waals surface area contributed by atoms with Crippen LogP contribution in [-0.2, 0) is 4.74 Å². The van der Waals surface area contributed by atoms with Gasteiger partial charge in [-0.1, -0.05) is 31.5 Å². The molecule has 1 heterocycles. The van der Waals surface area contributed by atoms with Crippen LogP contribution < -0.4 is 4.74 Å². The molecule has 0 spiro atoms. The summed E-state index contributed by atoms with van der Waals surface area (Å²) >= 11 is 5.58. The lowest BCUT2D eigenvalue weighted by molar-refractivity contribution is 0.0577. The molecular formula is C20H22N2O2S. The molecule has 0 aromatic heterocycles. The minimum atomic E-state index is -0.280. The summed E-state index contributed by atoms with van der Waals surface area (Å²) < 4.78 is 11.5. The lowest BCUT2D eigenvalue weighted by Crippen LogP contribution is -2.40. The van der Waals surface area contributed by atoms with Crippen molar-refractivity contribution in [3.05, 3.63) is 65.7 Å². The van der Waals surface area contributed by atoms with Crippen LogP contribution in [0.15, 0.2) is 59.6 Å². The van der Waals surface area contributed by atoms with Crippen molar-refractivity contribution in [2.75, 3.05) is 13.7 Å². The Kier molecular flexibility index (Phi) is 5.66. The zero-order chi connectivity index (χ0) is 17.6. The molecule has 0 saturated heterocycles. The highest BCUT2D eigenvalue weighted by molar-refractivity contribution is 7.80. The lowest BCUT2D eigenvalue weighted by Gasteiger charge is -2.36. The van der Waals surface area contributed by atoms with Crippen molar-refractivity contribution in [2.45, 2.75) is 26.0 Å². The molecule has 0 N–H and O–H groups in total. The number of methoxy groups -OCH3 is 1. The molecule has 1 atom stereocenters. The Hall–Kier alpha value is -2.40. The normalized spacial score (nSPS) is 17.0. The van der Waals surface area contributed by atoms with E-state index in [-0.39, 0.29) is 6.23 Å². The number of benzene rings is 2. The van der Waals surface area contributed by atoms with Crippen molar-refractivity contribution in [1.29, 1.82) is 0 Å². The summed E-state index contributed by atoms with van der Waals surface area (Å²) in [4.78, 5) is 6.57. The average molecular weight is 354 g/mol. The largest absolute Gasteiger partial charge is 0.497 e. The Morgan fingerprint density at radius 3 is 2.48 bits per heavy atom. The van der Waals surface area contributed by atoms with E-state index in [1.165, 1.54) is 0 Å². The molecule has 5 heteroatoms. The van der Waals surface area contributed by atoms with Crippen molar-refractivity contribution in [1.82, 2.24) is 4.90 Å². The van der Waals surface area contributed by atoms with Crippen LogP contribution in [0.3, 0.4) is 0 Å². The molecule has 1 unspecified atom stereocenters. The van der Waals surface area contributed by atoms with E-state index in [0.29, 0.717) is 11.0 Å². The van der Waals surface area contributed by atoms with Gasteiger partial charge in [-0.25, -0.2) is 0 Å². The molecule has 130 valence electrons. The summed E-state index contributed by atoms with van der Waals surface area (Å²) in [6.45, 7) is 2.98. The monoisotopic (exact) mass is 354 g/mol. The molecule has 2 aromatic rings. The number of ether oxygens (including phenoxy) is 2. The van der Waals surface area contributed by atoms with Gasteiger partial charge in [-0.2, -0.15) is 4.99 Å². The highest BCUT2D eigenvalue weighted by Gasteiger charge is 2.30. The van der Waals surface area contributed by atoms with Crippen molar-refractivity contribution >= 4 is 23.2 Å². The number of thiocarbonyl (C=S) groups is 1. The van der Waals surface area contributed by atoms with Gasteiger partial charge in [0.05, 0.1) is 7.11 Å². The first kappa shape index (κ1) is 17.4. The molecule has 0 bridgehead atoms. The predicted molar refractivity (Wildman–Crippen MR) is 104 cm³/mol. The van der Waals surface area contributed by atoms with Crippen molar-refractivity contribution in [2.24, 2.45) is 4.99 Å². The minimum Gasteiger partial charge on any atom is -0.497 e. The molecule has 4 nitrogen and oxygen atoms in total. The second-order valence-electron chi connectivity index (χ2n) is 5.86. The summed E-state index contributed by atoms with van der Waals surface area (Å²) in [6, 6.07) is 17.8. The van der Waals surface area contributed by atoms with E-state index in [4.69, 9.17) is 21.7 Å². The van der Waals surface area contributed by atoms with Crippen LogP contribution in [0.1, 0.15) is 37.1 Å². The van der Waals surface area contributed by atoms with Crippen molar-refractivity contribution in [3.63, 3.8) is 0 Å². The van der Waals surface area contributed by atoms with Crippen LogP contribution in [-0.4, -0.2) is 29.6 Å².